The summed E-state index contributed by atoms with van der Waals surface area (Å²) in [5.41, 5.74) is 14.7. The van der Waals surface area contributed by atoms with Crippen molar-refractivity contribution in [3.63, 3.8) is 0 Å². The van der Waals surface area contributed by atoms with Gasteiger partial charge in [-0.05, 0) is 120 Å². The van der Waals surface area contributed by atoms with Crippen LogP contribution in [-0.2, 0) is 6.42 Å². The Hall–Kier alpha value is -5.16. The van der Waals surface area contributed by atoms with Gasteiger partial charge in [-0.25, -0.2) is 9.67 Å². The molecule has 0 spiro atoms. The zero-order valence-corrected chi connectivity index (χ0v) is 34.1. The molecule has 0 fully saturated rings. The van der Waals surface area contributed by atoms with Gasteiger partial charge in [0.2, 0.25) is 0 Å². The largest absolute Gasteiger partial charge is 0.457 e. The van der Waals surface area contributed by atoms with Gasteiger partial charge < -0.3 is 4.74 Å². The fraction of sp³-hybridized carbons (Fsp3) is 0.347. The molecular formula is C49H56N4O. The van der Waals surface area contributed by atoms with Crippen LogP contribution < -0.4 is 4.74 Å². The first kappa shape index (κ1) is 37.2. The van der Waals surface area contributed by atoms with Gasteiger partial charge >= 0.3 is 0 Å². The van der Waals surface area contributed by atoms with Crippen molar-refractivity contribution in [2.45, 2.75) is 113 Å². The van der Waals surface area contributed by atoms with Crippen molar-refractivity contribution in [2.24, 2.45) is 0 Å². The van der Waals surface area contributed by atoms with E-state index in [0.29, 0.717) is 23.7 Å². The summed E-state index contributed by atoms with van der Waals surface area (Å²) >= 11 is 0. The molecule has 0 amide bonds. The van der Waals surface area contributed by atoms with Gasteiger partial charge in [-0.3, -0.25) is 4.57 Å². The second-order valence-corrected chi connectivity index (χ2v) is 16.3. The van der Waals surface area contributed by atoms with Crippen LogP contribution in [0.25, 0.3) is 44.4 Å². The minimum atomic E-state index is 0.305. The highest BCUT2D eigenvalue weighted by molar-refractivity contribution is 6.09. The van der Waals surface area contributed by atoms with E-state index in [1.165, 1.54) is 49.7 Å². The molecule has 3 heterocycles. The smallest absolute Gasteiger partial charge is 0.137 e. The van der Waals surface area contributed by atoms with Crippen LogP contribution in [-0.4, -0.2) is 19.3 Å². The molecule has 4 aromatic carbocycles. The van der Waals surface area contributed by atoms with Gasteiger partial charge in [-0.1, -0.05) is 99.1 Å². The topological polar surface area (TPSA) is 44.9 Å². The third-order valence-corrected chi connectivity index (χ3v) is 11.0. The van der Waals surface area contributed by atoms with Gasteiger partial charge in [0.15, 0.2) is 0 Å². The van der Waals surface area contributed by atoms with Crippen molar-refractivity contribution >= 4 is 21.8 Å². The van der Waals surface area contributed by atoms with Gasteiger partial charge in [0.25, 0.3) is 0 Å². The summed E-state index contributed by atoms with van der Waals surface area (Å²) < 4.78 is 11.2. The van der Waals surface area contributed by atoms with Crippen molar-refractivity contribution in [1.29, 1.82) is 0 Å². The van der Waals surface area contributed by atoms with Crippen molar-refractivity contribution in [3.8, 4) is 34.1 Å². The first-order valence-corrected chi connectivity index (χ1v) is 19.9. The summed E-state index contributed by atoms with van der Waals surface area (Å²) in [6.45, 7) is 24.9. The lowest BCUT2D eigenvalue weighted by atomic mass is 9.81. The van der Waals surface area contributed by atoms with E-state index < -0.39 is 0 Å². The lowest BCUT2D eigenvalue weighted by Gasteiger charge is -2.23. The Morgan fingerprint density at radius 1 is 0.630 bits per heavy atom. The molecule has 278 valence electrons. The molecule has 0 unspecified atom stereocenters. The van der Waals surface area contributed by atoms with E-state index in [9.17, 15) is 0 Å². The molecule has 0 radical (unpaired) electrons. The molecule has 0 aliphatic heterocycles. The summed E-state index contributed by atoms with van der Waals surface area (Å²) in [6, 6.07) is 30.8. The minimum Gasteiger partial charge on any atom is -0.457 e. The zero-order chi connectivity index (χ0) is 38.4. The number of fused-ring (bicyclic) bond motifs is 3. The van der Waals surface area contributed by atoms with E-state index >= 15 is 0 Å². The predicted molar refractivity (Wildman–Crippen MR) is 227 cm³/mol. The van der Waals surface area contributed by atoms with Crippen molar-refractivity contribution in [1.82, 2.24) is 19.3 Å². The van der Waals surface area contributed by atoms with Gasteiger partial charge in [0.1, 0.15) is 17.3 Å². The van der Waals surface area contributed by atoms with Crippen molar-refractivity contribution in [3.05, 3.63) is 130 Å². The maximum absolute atomic E-state index is 6.81. The normalized spacial score (nSPS) is 12.1. The van der Waals surface area contributed by atoms with Crippen LogP contribution in [0.2, 0.25) is 0 Å². The SMILES string of the molecule is CCCc1ccnc(-n2c3ccccc3c3ccc(Oc4cc(C(C)C)cc(-n5nc(C)c(-c6c(C(C)C)cc(C(C)C)cc6C(C)C)c5C)c4)cc32)c1. The van der Waals surface area contributed by atoms with E-state index in [1.54, 1.807) is 0 Å². The van der Waals surface area contributed by atoms with Gasteiger partial charge in [-0.2, -0.15) is 5.10 Å². The van der Waals surface area contributed by atoms with Gasteiger partial charge in [-0.15, -0.1) is 0 Å². The maximum Gasteiger partial charge on any atom is 0.137 e. The van der Waals surface area contributed by atoms with Crippen LogP contribution in [0, 0.1) is 13.8 Å². The zero-order valence-electron chi connectivity index (χ0n) is 34.1. The number of hydrogen-bond donors (Lipinski definition) is 0. The number of benzene rings is 4. The molecule has 54 heavy (non-hydrogen) atoms. The van der Waals surface area contributed by atoms with Gasteiger partial charge in [0, 0.05) is 40.4 Å². The molecule has 5 nitrogen and oxygen atoms in total. The highest BCUT2D eigenvalue weighted by Gasteiger charge is 2.25. The summed E-state index contributed by atoms with van der Waals surface area (Å²) in [5, 5.41) is 7.62. The second kappa shape index (κ2) is 14.9. The van der Waals surface area contributed by atoms with E-state index in [2.05, 4.69) is 170 Å². The number of pyridine rings is 1. The highest BCUT2D eigenvalue weighted by atomic mass is 16.5. The van der Waals surface area contributed by atoms with E-state index in [4.69, 9.17) is 14.8 Å². The Balaban J connectivity index is 1.34. The Morgan fingerprint density at radius 3 is 1.96 bits per heavy atom. The van der Waals surface area contributed by atoms with Crippen LogP contribution in [0.5, 0.6) is 11.5 Å². The Labute approximate surface area is 322 Å². The number of ether oxygens (including phenoxy) is 1. The molecule has 0 N–H and O–H groups in total. The molecule has 0 saturated heterocycles. The number of hydrogen-bond acceptors (Lipinski definition) is 3. The standard InChI is InChI=1S/C49H56N4O/c1-12-15-35-20-21-50-47(22-35)52-45-17-14-13-16-41(45)42-19-18-39(28-46(42)52)54-40-24-36(29(2)3)23-38(27-40)53-34(11)48(33(10)51-53)49-43(31(6)7)25-37(30(4)5)26-44(49)32(8)9/h13-14,16-32H,12,15H2,1-11H3. The Morgan fingerprint density at radius 2 is 1.30 bits per heavy atom. The quantitative estimate of drug-likeness (QED) is 0.134. The Bertz CT molecular complexity index is 2450. The molecular weight excluding hydrogens is 661 g/mol. The summed E-state index contributed by atoms with van der Waals surface area (Å²) in [7, 11) is 0. The number of para-hydroxylation sites is 1. The lowest BCUT2D eigenvalue weighted by molar-refractivity contribution is 0.481. The molecule has 0 aliphatic rings. The number of aryl methyl sites for hydroxylation is 2. The molecule has 0 atom stereocenters. The highest BCUT2D eigenvalue weighted by Crippen LogP contribution is 2.43. The average Bonchev–Trinajstić information content (AvgIpc) is 3.63. The van der Waals surface area contributed by atoms with Crippen molar-refractivity contribution in [2.75, 3.05) is 0 Å². The molecule has 3 aromatic heterocycles. The number of nitrogens with zero attached hydrogens (tertiary/aromatic N) is 4. The predicted octanol–water partition coefficient (Wildman–Crippen LogP) is 13.9. The summed E-state index contributed by atoms with van der Waals surface area (Å²) in [5.74, 6) is 4.04. The van der Waals surface area contributed by atoms with Crippen LogP contribution in [0.4, 0.5) is 0 Å². The van der Waals surface area contributed by atoms with Crippen LogP contribution >= 0.6 is 0 Å². The summed E-state index contributed by atoms with van der Waals surface area (Å²) in [6.07, 6.45) is 4.04. The molecule has 7 aromatic rings. The molecule has 0 aliphatic carbocycles. The Kier molecular flexibility index (Phi) is 10.3. The number of rotatable bonds is 11. The van der Waals surface area contributed by atoms with E-state index in [1.807, 2.05) is 6.20 Å². The fourth-order valence-electron chi connectivity index (χ4n) is 8.04. The first-order chi connectivity index (χ1) is 25.9. The second-order valence-electron chi connectivity index (χ2n) is 16.3. The third-order valence-electron chi connectivity index (χ3n) is 11.0. The monoisotopic (exact) mass is 716 g/mol. The lowest BCUT2D eigenvalue weighted by Crippen LogP contribution is -2.05. The third kappa shape index (κ3) is 6.85. The van der Waals surface area contributed by atoms with E-state index in [-0.39, 0.29) is 0 Å². The fourth-order valence-corrected chi connectivity index (χ4v) is 8.04. The van der Waals surface area contributed by atoms with Gasteiger partial charge in [0.05, 0.1) is 22.4 Å². The number of aromatic nitrogens is 4. The minimum absolute atomic E-state index is 0.305. The maximum atomic E-state index is 6.81. The van der Waals surface area contributed by atoms with Crippen molar-refractivity contribution < 1.29 is 4.74 Å². The average molecular weight is 717 g/mol. The summed E-state index contributed by atoms with van der Waals surface area (Å²) in [4.78, 5) is 4.85. The van der Waals surface area contributed by atoms with Crippen LogP contribution in [0.3, 0.4) is 0 Å². The van der Waals surface area contributed by atoms with E-state index in [0.717, 1.165) is 58.3 Å². The molecule has 5 heteroatoms. The first-order valence-electron chi connectivity index (χ1n) is 19.9. The molecule has 0 saturated carbocycles. The molecule has 0 bridgehead atoms. The van der Waals surface area contributed by atoms with Crippen LogP contribution in [0.1, 0.15) is 132 Å². The molecule has 7 rings (SSSR count). The van der Waals surface area contributed by atoms with Crippen LogP contribution in [0.15, 0.2) is 91.1 Å².